The number of hydrogen-bond acceptors (Lipinski definition) is 4. The van der Waals surface area contributed by atoms with Crippen LogP contribution in [-0.4, -0.2) is 46.8 Å². The summed E-state index contributed by atoms with van der Waals surface area (Å²) in [6, 6.07) is 0.344. The molecule has 2 amide bonds. The molecule has 0 radical (unpaired) electrons. The number of nitrogens with one attached hydrogen (secondary N) is 1. The Morgan fingerprint density at radius 2 is 2.26 bits per heavy atom. The van der Waals surface area contributed by atoms with Crippen LogP contribution in [0, 0.1) is 0 Å². The Balaban J connectivity index is 2.54. The molecule has 0 saturated carbocycles. The number of aliphatic carboxylic acids is 1. The Bertz CT molecular complexity index is 452. The second-order valence-corrected chi connectivity index (χ2v) is 5.85. The van der Waals surface area contributed by atoms with Crippen molar-refractivity contribution in [3.8, 4) is 0 Å². The van der Waals surface area contributed by atoms with Crippen LogP contribution < -0.4 is 5.32 Å². The molecule has 19 heavy (non-hydrogen) atoms. The van der Waals surface area contributed by atoms with Gasteiger partial charge in [-0.25, -0.2) is 9.59 Å². The first kappa shape index (κ1) is 15.9. The number of halogens is 1. The van der Waals surface area contributed by atoms with Gasteiger partial charge in [0.15, 0.2) is 0 Å². The molecule has 0 aliphatic rings. The fraction of sp³-hybridized carbons (Fsp3) is 0.455. The molecule has 3 N–H and O–H groups in total. The van der Waals surface area contributed by atoms with Crippen LogP contribution in [0.4, 0.5) is 4.79 Å². The van der Waals surface area contributed by atoms with E-state index in [2.05, 4.69) is 21.2 Å². The topological polar surface area (TPSA) is 89.9 Å². The van der Waals surface area contributed by atoms with Gasteiger partial charge in [0, 0.05) is 34.8 Å². The number of carboxylic acids is 1. The normalized spacial score (nSPS) is 11.9. The highest BCUT2D eigenvalue weighted by atomic mass is 79.9. The van der Waals surface area contributed by atoms with Gasteiger partial charge in [0.1, 0.15) is 6.04 Å². The number of thiophene rings is 1. The van der Waals surface area contributed by atoms with Gasteiger partial charge in [0.05, 0.1) is 6.54 Å². The fourth-order valence-corrected chi connectivity index (χ4v) is 2.89. The standard InChI is InChI=1S/C11H15BrN2O4S/c1-14(5-8-4-7(12)6-19-8)11(18)13-9(2-3-15)10(16)17/h4,6,9,15H,2-3,5H2,1H3,(H,13,18)(H,16,17)/t9-/m1/s1. The van der Waals surface area contributed by atoms with E-state index in [1.165, 1.54) is 16.2 Å². The number of carboxylic acid groups (broad SMARTS) is 1. The minimum absolute atomic E-state index is 0.0144. The molecule has 1 heterocycles. The maximum atomic E-state index is 11.8. The summed E-state index contributed by atoms with van der Waals surface area (Å²) >= 11 is 4.83. The van der Waals surface area contributed by atoms with Crippen molar-refractivity contribution in [2.24, 2.45) is 0 Å². The molecule has 0 spiro atoms. The van der Waals surface area contributed by atoms with E-state index in [4.69, 9.17) is 10.2 Å². The summed E-state index contributed by atoms with van der Waals surface area (Å²) in [7, 11) is 1.58. The number of carbonyl (C=O) groups is 2. The predicted molar refractivity (Wildman–Crippen MR) is 75.1 cm³/mol. The van der Waals surface area contributed by atoms with Crippen LogP contribution in [0.15, 0.2) is 15.9 Å². The maximum Gasteiger partial charge on any atom is 0.326 e. The van der Waals surface area contributed by atoms with E-state index < -0.39 is 18.0 Å². The highest BCUT2D eigenvalue weighted by Crippen LogP contribution is 2.20. The van der Waals surface area contributed by atoms with Crippen molar-refractivity contribution in [2.45, 2.75) is 19.0 Å². The Morgan fingerprint density at radius 3 is 2.74 bits per heavy atom. The Labute approximate surface area is 123 Å². The molecule has 0 aromatic carbocycles. The molecule has 0 unspecified atom stereocenters. The number of aliphatic hydroxyl groups is 1. The zero-order valence-corrected chi connectivity index (χ0v) is 12.7. The van der Waals surface area contributed by atoms with Crippen LogP contribution in [0.5, 0.6) is 0 Å². The van der Waals surface area contributed by atoms with Crippen molar-refractivity contribution in [2.75, 3.05) is 13.7 Å². The van der Waals surface area contributed by atoms with Gasteiger partial charge in [-0.1, -0.05) is 0 Å². The fourth-order valence-electron chi connectivity index (χ4n) is 1.39. The second-order valence-electron chi connectivity index (χ2n) is 3.94. The highest BCUT2D eigenvalue weighted by Gasteiger charge is 2.21. The number of rotatable bonds is 6. The molecule has 6 nitrogen and oxygen atoms in total. The molecular formula is C11H15BrN2O4S. The molecule has 1 aromatic heterocycles. The van der Waals surface area contributed by atoms with Gasteiger partial charge >= 0.3 is 12.0 Å². The molecule has 0 aliphatic heterocycles. The zero-order chi connectivity index (χ0) is 14.4. The molecule has 0 aliphatic carbocycles. The molecule has 0 bridgehead atoms. The third-order valence-electron chi connectivity index (χ3n) is 2.38. The lowest BCUT2D eigenvalue weighted by molar-refractivity contribution is -0.139. The summed E-state index contributed by atoms with van der Waals surface area (Å²) in [4.78, 5) is 25.0. The van der Waals surface area contributed by atoms with Gasteiger partial charge in [0.25, 0.3) is 0 Å². The molecule has 1 aromatic rings. The average molecular weight is 351 g/mol. The molecule has 1 rings (SSSR count). The monoisotopic (exact) mass is 350 g/mol. The first-order valence-corrected chi connectivity index (χ1v) is 7.19. The lowest BCUT2D eigenvalue weighted by atomic mass is 10.2. The van der Waals surface area contributed by atoms with Crippen molar-refractivity contribution in [3.05, 3.63) is 20.8 Å². The number of aliphatic hydroxyl groups excluding tert-OH is 1. The lowest BCUT2D eigenvalue weighted by Gasteiger charge is -2.20. The summed E-state index contributed by atoms with van der Waals surface area (Å²) in [5.74, 6) is -1.16. The van der Waals surface area contributed by atoms with Crippen LogP contribution in [0.2, 0.25) is 0 Å². The van der Waals surface area contributed by atoms with Crippen molar-refractivity contribution in [1.29, 1.82) is 0 Å². The van der Waals surface area contributed by atoms with Crippen molar-refractivity contribution in [3.63, 3.8) is 0 Å². The van der Waals surface area contributed by atoms with E-state index in [0.29, 0.717) is 6.54 Å². The van der Waals surface area contributed by atoms with Gasteiger partial charge in [-0.2, -0.15) is 0 Å². The third-order valence-corrected chi connectivity index (χ3v) is 4.06. The summed E-state index contributed by atoms with van der Waals surface area (Å²) in [6.45, 7) is 0.104. The van der Waals surface area contributed by atoms with Gasteiger partial charge in [-0.3, -0.25) is 0 Å². The van der Waals surface area contributed by atoms with E-state index in [9.17, 15) is 9.59 Å². The predicted octanol–water partition coefficient (Wildman–Crippen LogP) is 1.49. The van der Waals surface area contributed by atoms with Gasteiger partial charge in [0.2, 0.25) is 0 Å². The Kier molecular flexibility index (Phi) is 6.26. The first-order valence-electron chi connectivity index (χ1n) is 5.52. The van der Waals surface area contributed by atoms with Crippen LogP contribution >= 0.6 is 27.3 Å². The smallest absolute Gasteiger partial charge is 0.326 e. The largest absolute Gasteiger partial charge is 0.480 e. The van der Waals surface area contributed by atoms with Crippen molar-refractivity contribution < 1.29 is 19.8 Å². The van der Waals surface area contributed by atoms with E-state index >= 15 is 0 Å². The molecule has 1 atom stereocenters. The molecule has 106 valence electrons. The van der Waals surface area contributed by atoms with Crippen molar-refractivity contribution in [1.82, 2.24) is 10.2 Å². The quantitative estimate of drug-likeness (QED) is 0.724. The molecule has 0 saturated heterocycles. The number of hydrogen-bond donors (Lipinski definition) is 3. The lowest BCUT2D eigenvalue weighted by Crippen LogP contribution is -2.46. The van der Waals surface area contributed by atoms with E-state index in [-0.39, 0.29) is 13.0 Å². The third kappa shape index (κ3) is 5.17. The molecular weight excluding hydrogens is 336 g/mol. The van der Waals surface area contributed by atoms with E-state index in [0.717, 1.165) is 9.35 Å². The highest BCUT2D eigenvalue weighted by molar-refractivity contribution is 9.10. The minimum Gasteiger partial charge on any atom is -0.480 e. The summed E-state index contributed by atoms with van der Waals surface area (Å²) in [5.41, 5.74) is 0. The number of urea groups is 1. The van der Waals surface area contributed by atoms with Crippen LogP contribution in [-0.2, 0) is 11.3 Å². The zero-order valence-electron chi connectivity index (χ0n) is 10.3. The Morgan fingerprint density at radius 1 is 1.58 bits per heavy atom. The summed E-state index contributed by atoms with van der Waals surface area (Å²) in [5, 5.41) is 21.9. The van der Waals surface area contributed by atoms with Gasteiger partial charge < -0.3 is 20.4 Å². The number of carbonyl (C=O) groups excluding carboxylic acids is 1. The summed E-state index contributed by atoms with van der Waals surface area (Å²) in [6.07, 6.45) is -0.0144. The number of amides is 2. The average Bonchev–Trinajstić information content (AvgIpc) is 2.73. The van der Waals surface area contributed by atoms with Crippen LogP contribution in [0.1, 0.15) is 11.3 Å². The van der Waals surface area contributed by atoms with E-state index in [1.54, 1.807) is 7.05 Å². The minimum atomic E-state index is -1.16. The molecule has 8 heteroatoms. The van der Waals surface area contributed by atoms with E-state index in [1.807, 2.05) is 11.4 Å². The van der Waals surface area contributed by atoms with Crippen LogP contribution in [0.3, 0.4) is 0 Å². The molecule has 0 fully saturated rings. The maximum absolute atomic E-state index is 11.8. The van der Waals surface area contributed by atoms with Crippen LogP contribution in [0.25, 0.3) is 0 Å². The number of nitrogens with zero attached hydrogens (tertiary/aromatic N) is 1. The van der Waals surface area contributed by atoms with Gasteiger partial charge in [-0.15, -0.1) is 11.3 Å². The Hall–Kier alpha value is -1.12. The second kappa shape index (κ2) is 7.46. The summed E-state index contributed by atoms with van der Waals surface area (Å²) < 4.78 is 0.949. The SMILES string of the molecule is CN(Cc1cc(Br)cs1)C(=O)N[C@H](CCO)C(=O)O. The van der Waals surface area contributed by atoms with Crippen molar-refractivity contribution >= 4 is 39.3 Å². The first-order chi connectivity index (χ1) is 8.93. The van der Waals surface area contributed by atoms with Gasteiger partial charge in [-0.05, 0) is 22.0 Å².